The molecule has 0 aliphatic carbocycles. The molecule has 4 rings (SSSR count). The first-order valence-electron chi connectivity index (χ1n) is 12.4. The maximum absolute atomic E-state index is 12.9. The topological polar surface area (TPSA) is 70.7 Å². The molecule has 0 spiro atoms. The minimum absolute atomic E-state index is 0.0326. The second kappa shape index (κ2) is 12.6. The van der Waals surface area contributed by atoms with Crippen LogP contribution >= 0.6 is 0 Å². The lowest BCUT2D eigenvalue weighted by Crippen LogP contribution is -2.31. The highest BCUT2D eigenvalue weighted by molar-refractivity contribution is 5.98. The van der Waals surface area contributed by atoms with E-state index in [1.54, 1.807) is 12.1 Å². The molecule has 35 heavy (non-hydrogen) atoms. The highest BCUT2D eigenvalue weighted by Crippen LogP contribution is 2.19. The van der Waals surface area contributed by atoms with E-state index in [0.717, 1.165) is 43.8 Å². The Bertz CT molecular complexity index is 1110. The summed E-state index contributed by atoms with van der Waals surface area (Å²) >= 11 is 0. The Hall–Kier alpha value is -3.80. The first kappa shape index (κ1) is 24.3. The molecule has 0 bridgehead atoms. The number of likely N-dealkylation sites (tertiary alicyclic amines) is 1. The van der Waals surface area contributed by atoms with Crippen LogP contribution in [-0.4, -0.2) is 43.0 Å². The molecular formula is C29H33N3O3. The molecular weight excluding hydrogens is 438 g/mol. The summed E-state index contributed by atoms with van der Waals surface area (Å²) in [5.41, 5.74) is 3.27. The molecule has 1 aliphatic rings. The Morgan fingerprint density at radius 3 is 2.34 bits per heavy atom. The van der Waals surface area contributed by atoms with E-state index in [1.165, 1.54) is 18.4 Å². The van der Waals surface area contributed by atoms with E-state index in [4.69, 9.17) is 4.74 Å². The molecule has 3 aromatic rings. The van der Waals surface area contributed by atoms with Gasteiger partial charge in [-0.3, -0.25) is 9.59 Å². The van der Waals surface area contributed by atoms with Crippen molar-refractivity contribution in [2.45, 2.75) is 32.1 Å². The molecule has 3 aromatic carbocycles. The standard InChI is InChI=1S/C29H33N3O3/c33-28(31-26-14-8-12-24(20-26)29(34)32-17-6-1-2-7-18-32)22-30-25-13-9-15-27(21-25)35-19-16-23-10-4-3-5-11-23/h3-5,8-15,20-21,30H,1-2,6-7,16-19,22H2,(H,31,33). The summed E-state index contributed by atoms with van der Waals surface area (Å²) < 4.78 is 5.87. The van der Waals surface area contributed by atoms with Crippen LogP contribution in [-0.2, 0) is 11.2 Å². The molecule has 182 valence electrons. The predicted octanol–water partition coefficient (Wildman–Crippen LogP) is 5.37. The summed E-state index contributed by atoms with van der Waals surface area (Å²) in [4.78, 5) is 27.3. The van der Waals surface area contributed by atoms with Crippen LogP contribution in [0.5, 0.6) is 5.75 Å². The van der Waals surface area contributed by atoms with Gasteiger partial charge in [-0.05, 0) is 48.7 Å². The second-order valence-electron chi connectivity index (χ2n) is 8.80. The molecule has 2 amide bonds. The number of hydrogen-bond acceptors (Lipinski definition) is 4. The maximum atomic E-state index is 12.9. The number of hydrogen-bond donors (Lipinski definition) is 2. The van der Waals surface area contributed by atoms with Gasteiger partial charge < -0.3 is 20.3 Å². The molecule has 6 heteroatoms. The van der Waals surface area contributed by atoms with E-state index < -0.39 is 0 Å². The van der Waals surface area contributed by atoms with E-state index in [1.807, 2.05) is 59.5 Å². The van der Waals surface area contributed by atoms with Gasteiger partial charge in [0.15, 0.2) is 0 Å². The summed E-state index contributed by atoms with van der Waals surface area (Å²) in [5.74, 6) is 0.607. The number of carbonyl (C=O) groups is 2. The molecule has 0 radical (unpaired) electrons. The summed E-state index contributed by atoms with van der Waals surface area (Å²) in [6, 6.07) is 25.0. The van der Waals surface area contributed by atoms with Gasteiger partial charge in [0.25, 0.3) is 5.91 Å². The van der Waals surface area contributed by atoms with Gasteiger partial charge in [0, 0.05) is 42.5 Å². The van der Waals surface area contributed by atoms with Gasteiger partial charge in [0.2, 0.25) is 5.91 Å². The SMILES string of the molecule is O=C(CNc1cccc(OCCc2ccccc2)c1)Nc1cccc(C(=O)N2CCCCCC2)c1. The molecule has 0 unspecified atom stereocenters. The fraction of sp³-hybridized carbons (Fsp3) is 0.310. The van der Waals surface area contributed by atoms with E-state index >= 15 is 0 Å². The third-order valence-corrected chi connectivity index (χ3v) is 6.08. The first-order valence-corrected chi connectivity index (χ1v) is 12.4. The fourth-order valence-corrected chi connectivity index (χ4v) is 4.20. The van der Waals surface area contributed by atoms with Crippen molar-refractivity contribution in [2.75, 3.05) is 36.9 Å². The molecule has 1 saturated heterocycles. The number of ether oxygens (including phenoxy) is 1. The molecule has 1 fully saturated rings. The van der Waals surface area contributed by atoms with E-state index in [-0.39, 0.29) is 18.4 Å². The van der Waals surface area contributed by atoms with Crippen LogP contribution in [0.2, 0.25) is 0 Å². The summed E-state index contributed by atoms with van der Waals surface area (Å²) in [6.07, 6.45) is 5.28. The highest BCUT2D eigenvalue weighted by atomic mass is 16.5. The lowest BCUT2D eigenvalue weighted by atomic mass is 10.1. The van der Waals surface area contributed by atoms with Crippen LogP contribution in [0.3, 0.4) is 0 Å². The van der Waals surface area contributed by atoms with Crippen LogP contribution in [0, 0.1) is 0 Å². The van der Waals surface area contributed by atoms with Gasteiger partial charge in [0.05, 0.1) is 13.2 Å². The van der Waals surface area contributed by atoms with Gasteiger partial charge in [-0.15, -0.1) is 0 Å². The Balaban J connectivity index is 1.25. The Labute approximate surface area is 207 Å². The molecule has 1 heterocycles. The van der Waals surface area contributed by atoms with E-state index in [9.17, 15) is 9.59 Å². The lowest BCUT2D eigenvalue weighted by Gasteiger charge is -2.20. The predicted molar refractivity (Wildman–Crippen MR) is 140 cm³/mol. The largest absolute Gasteiger partial charge is 0.493 e. The zero-order valence-corrected chi connectivity index (χ0v) is 20.0. The average molecular weight is 472 g/mol. The molecule has 2 N–H and O–H groups in total. The minimum atomic E-state index is -0.181. The zero-order valence-electron chi connectivity index (χ0n) is 20.0. The first-order chi connectivity index (χ1) is 17.2. The van der Waals surface area contributed by atoms with Gasteiger partial charge in [-0.25, -0.2) is 0 Å². The van der Waals surface area contributed by atoms with E-state index in [2.05, 4.69) is 22.8 Å². The van der Waals surface area contributed by atoms with Crippen LogP contribution in [0.1, 0.15) is 41.6 Å². The smallest absolute Gasteiger partial charge is 0.253 e. The zero-order chi connectivity index (χ0) is 24.3. The summed E-state index contributed by atoms with van der Waals surface area (Å²) in [7, 11) is 0. The highest BCUT2D eigenvalue weighted by Gasteiger charge is 2.17. The van der Waals surface area contributed by atoms with Crippen molar-refractivity contribution in [1.29, 1.82) is 0 Å². The van der Waals surface area contributed by atoms with Gasteiger partial charge in [0.1, 0.15) is 5.75 Å². The Morgan fingerprint density at radius 2 is 1.54 bits per heavy atom. The van der Waals surface area contributed by atoms with Crippen molar-refractivity contribution in [3.05, 3.63) is 90.0 Å². The lowest BCUT2D eigenvalue weighted by molar-refractivity contribution is -0.114. The van der Waals surface area contributed by atoms with Gasteiger partial charge >= 0.3 is 0 Å². The van der Waals surface area contributed by atoms with E-state index in [0.29, 0.717) is 17.9 Å². The number of nitrogens with one attached hydrogen (secondary N) is 2. The van der Waals surface area contributed by atoms with Crippen molar-refractivity contribution in [3.8, 4) is 5.75 Å². The molecule has 0 aromatic heterocycles. The quantitative estimate of drug-likeness (QED) is 0.440. The monoisotopic (exact) mass is 471 g/mol. The molecule has 0 saturated carbocycles. The van der Waals surface area contributed by atoms with Crippen LogP contribution < -0.4 is 15.4 Å². The number of rotatable bonds is 9. The van der Waals surface area contributed by atoms with Crippen LogP contribution in [0.4, 0.5) is 11.4 Å². The summed E-state index contributed by atoms with van der Waals surface area (Å²) in [5, 5.41) is 6.03. The summed E-state index contributed by atoms with van der Waals surface area (Å²) in [6.45, 7) is 2.29. The number of nitrogens with zero attached hydrogens (tertiary/aromatic N) is 1. The van der Waals surface area contributed by atoms with Crippen molar-refractivity contribution in [2.24, 2.45) is 0 Å². The van der Waals surface area contributed by atoms with Crippen molar-refractivity contribution in [1.82, 2.24) is 4.90 Å². The third-order valence-electron chi connectivity index (χ3n) is 6.08. The van der Waals surface area contributed by atoms with Gasteiger partial charge in [-0.1, -0.05) is 55.3 Å². The molecule has 0 atom stereocenters. The number of carbonyl (C=O) groups excluding carboxylic acids is 2. The minimum Gasteiger partial charge on any atom is -0.493 e. The Kier molecular flexibility index (Phi) is 8.76. The fourth-order valence-electron chi connectivity index (χ4n) is 4.20. The Morgan fingerprint density at radius 1 is 0.800 bits per heavy atom. The number of anilines is 2. The molecule has 1 aliphatic heterocycles. The average Bonchev–Trinajstić information content (AvgIpc) is 3.18. The normalized spacial score (nSPS) is 13.5. The number of amides is 2. The maximum Gasteiger partial charge on any atom is 0.253 e. The third kappa shape index (κ3) is 7.60. The second-order valence-corrected chi connectivity index (χ2v) is 8.80. The van der Waals surface area contributed by atoms with Crippen LogP contribution in [0.15, 0.2) is 78.9 Å². The number of benzene rings is 3. The molecule has 6 nitrogen and oxygen atoms in total. The van der Waals surface area contributed by atoms with Crippen LogP contribution in [0.25, 0.3) is 0 Å². The van der Waals surface area contributed by atoms with Crippen molar-refractivity contribution < 1.29 is 14.3 Å². The van der Waals surface area contributed by atoms with Gasteiger partial charge in [-0.2, -0.15) is 0 Å². The van der Waals surface area contributed by atoms with Crippen molar-refractivity contribution in [3.63, 3.8) is 0 Å². The van der Waals surface area contributed by atoms with Crippen molar-refractivity contribution >= 4 is 23.2 Å².